The summed E-state index contributed by atoms with van der Waals surface area (Å²) < 4.78 is 21.2. The minimum atomic E-state index is -0.541. The first-order valence-corrected chi connectivity index (χ1v) is 17.0. The molecule has 6 rings (SSSR count). The normalized spacial score (nSPS) is 14.4. The number of aromatic hydroxyl groups is 1. The molecule has 1 atom stereocenters. The average molecular weight is 674 g/mol. The van der Waals surface area contributed by atoms with Crippen LogP contribution in [0.1, 0.15) is 60.0 Å². The summed E-state index contributed by atoms with van der Waals surface area (Å²) in [4.78, 5) is 31.3. The Morgan fingerprint density at radius 2 is 1.40 bits per heavy atom. The van der Waals surface area contributed by atoms with E-state index in [0.717, 1.165) is 59.5 Å². The van der Waals surface area contributed by atoms with Crippen LogP contribution >= 0.6 is 0 Å². The van der Waals surface area contributed by atoms with Crippen molar-refractivity contribution in [3.8, 4) is 28.0 Å². The summed E-state index contributed by atoms with van der Waals surface area (Å²) in [7, 11) is 3.32. The number of fused-ring (bicyclic) bond motifs is 1. The minimum Gasteiger partial charge on any atom is -0.506 e. The van der Waals surface area contributed by atoms with Crippen molar-refractivity contribution in [2.45, 2.75) is 39.3 Å². The van der Waals surface area contributed by atoms with E-state index < -0.39 is 5.60 Å². The second kappa shape index (κ2) is 14.0. The second-order valence-electron chi connectivity index (χ2n) is 14.1. The molecule has 5 aromatic carbocycles. The summed E-state index contributed by atoms with van der Waals surface area (Å²) in [6.45, 7) is 10.8. The number of phenols is 1. The van der Waals surface area contributed by atoms with Crippen LogP contribution in [0, 0.1) is 5.82 Å². The molecule has 1 N–H and O–H groups in total. The van der Waals surface area contributed by atoms with Crippen LogP contribution in [-0.2, 0) is 4.74 Å². The van der Waals surface area contributed by atoms with Crippen molar-refractivity contribution < 1.29 is 23.8 Å². The van der Waals surface area contributed by atoms with Crippen LogP contribution in [0.5, 0.6) is 5.75 Å². The van der Waals surface area contributed by atoms with Gasteiger partial charge in [0.2, 0.25) is 0 Å². The van der Waals surface area contributed by atoms with Crippen molar-refractivity contribution in [2.24, 2.45) is 0 Å². The number of esters is 1. The molecule has 1 heterocycles. The molecule has 0 saturated carbocycles. The number of nitrogens with zero attached hydrogens (tertiary/aromatic N) is 3. The quantitative estimate of drug-likeness (QED) is 0.175. The molecule has 0 bridgehead atoms. The molecule has 0 radical (unpaired) electrons. The van der Waals surface area contributed by atoms with Gasteiger partial charge in [0, 0.05) is 63.0 Å². The largest absolute Gasteiger partial charge is 0.506 e. The molecule has 7 nitrogen and oxygen atoms in total. The number of amides is 1. The van der Waals surface area contributed by atoms with Crippen molar-refractivity contribution in [2.75, 3.05) is 45.2 Å². The summed E-state index contributed by atoms with van der Waals surface area (Å²) in [5.41, 5.74) is 5.33. The Bertz CT molecular complexity index is 2030. The zero-order valence-electron chi connectivity index (χ0n) is 29.5. The summed E-state index contributed by atoms with van der Waals surface area (Å²) in [6, 6.07) is 30.0. The fourth-order valence-electron chi connectivity index (χ4n) is 6.60. The fourth-order valence-corrected chi connectivity index (χ4v) is 6.60. The molecule has 1 fully saturated rings. The maximum absolute atomic E-state index is 15.7. The van der Waals surface area contributed by atoms with E-state index in [-0.39, 0.29) is 35.0 Å². The van der Waals surface area contributed by atoms with E-state index in [1.165, 1.54) is 4.90 Å². The zero-order valence-corrected chi connectivity index (χ0v) is 29.5. The van der Waals surface area contributed by atoms with Gasteiger partial charge in [-0.2, -0.15) is 0 Å². The molecule has 1 amide bonds. The maximum atomic E-state index is 15.7. The van der Waals surface area contributed by atoms with E-state index in [4.69, 9.17) is 4.74 Å². The van der Waals surface area contributed by atoms with Crippen molar-refractivity contribution >= 4 is 28.3 Å². The number of halogens is 1. The van der Waals surface area contributed by atoms with E-state index in [1.54, 1.807) is 26.2 Å². The molecule has 0 aromatic heterocycles. The smallest absolute Gasteiger partial charge is 0.338 e. The van der Waals surface area contributed by atoms with Crippen molar-refractivity contribution in [3.05, 3.63) is 120 Å². The van der Waals surface area contributed by atoms with Gasteiger partial charge in [-0.05, 0) is 91.7 Å². The van der Waals surface area contributed by atoms with Crippen LogP contribution in [0.15, 0.2) is 97.1 Å². The second-order valence-corrected chi connectivity index (χ2v) is 14.1. The Kier molecular flexibility index (Phi) is 9.67. The Hall–Kier alpha value is -5.21. The van der Waals surface area contributed by atoms with Crippen LogP contribution in [0.4, 0.5) is 10.1 Å². The number of anilines is 1. The number of carbonyl (C=O) groups is 2. The maximum Gasteiger partial charge on any atom is 0.338 e. The number of rotatable bonds is 7. The standard InChI is InChI=1S/C42H44FN3O4/c1-27(45-21-23-46(24-22-45)32-18-15-30(16-19-32)41(49)50-42(2,3)4)33-20-17-31(25-38(33)43)28-11-13-29(14-12-28)36-26-37(40(48)44(5)6)39(47)35-10-8-7-9-34(35)36/h7-20,25-27,47H,21-24H2,1-6H3. The topological polar surface area (TPSA) is 73.3 Å². The number of hydrogen-bond donors (Lipinski definition) is 1. The molecular weight excluding hydrogens is 629 g/mol. The molecule has 1 aliphatic rings. The molecule has 1 saturated heterocycles. The van der Waals surface area contributed by atoms with E-state index in [9.17, 15) is 14.7 Å². The van der Waals surface area contributed by atoms with E-state index in [1.807, 2.05) is 106 Å². The number of ether oxygens (including phenoxy) is 1. The third-order valence-corrected chi connectivity index (χ3v) is 9.36. The first-order chi connectivity index (χ1) is 23.8. The molecular formula is C42H44FN3O4. The monoisotopic (exact) mass is 673 g/mol. The highest BCUT2D eigenvalue weighted by Gasteiger charge is 2.25. The van der Waals surface area contributed by atoms with Gasteiger partial charge in [0.15, 0.2) is 0 Å². The highest BCUT2D eigenvalue weighted by atomic mass is 19.1. The molecule has 8 heteroatoms. The Labute approximate surface area is 293 Å². The Balaban J connectivity index is 1.14. The van der Waals surface area contributed by atoms with E-state index in [2.05, 4.69) is 16.7 Å². The van der Waals surface area contributed by atoms with Gasteiger partial charge >= 0.3 is 5.97 Å². The summed E-state index contributed by atoms with van der Waals surface area (Å²) in [5, 5.41) is 12.4. The van der Waals surface area contributed by atoms with Crippen LogP contribution in [-0.4, -0.2) is 72.7 Å². The predicted molar refractivity (Wildman–Crippen MR) is 198 cm³/mol. The first-order valence-electron chi connectivity index (χ1n) is 17.0. The third-order valence-electron chi connectivity index (χ3n) is 9.36. The molecule has 1 aliphatic heterocycles. The van der Waals surface area contributed by atoms with Gasteiger partial charge in [-0.15, -0.1) is 0 Å². The Morgan fingerprint density at radius 3 is 2.00 bits per heavy atom. The first kappa shape index (κ1) is 34.6. The molecule has 0 spiro atoms. The average Bonchev–Trinajstić information content (AvgIpc) is 3.11. The van der Waals surface area contributed by atoms with Crippen LogP contribution in [0.25, 0.3) is 33.0 Å². The highest BCUT2D eigenvalue weighted by Crippen LogP contribution is 2.38. The number of carbonyl (C=O) groups excluding carboxylic acids is 2. The van der Waals surface area contributed by atoms with Crippen LogP contribution in [0.2, 0.25) is 0 Å². The van der Waals surface area contributed by atoms with Crippen LogP contribution in [0.3, 0.4) is 0 Å². The predicted octanol–water partition coefficient (Wildman–Crippen LogP) is 8.56. The van der Waals surface area contributed by atoms with Gasteiger partial charge in [0.05, 0.1) is 11.1 Å². The minimum absolute atomic E-state index is 0.0298. The van der Waals surface area contributed by atoms with E-state index in [0.29, 0.717) is 16.5 Å². The fraction of sp³-hybridized carbons (Fsp3) is 0.286. The van der Waals surface area contributed by atoms with Gasteiger partial charge in [0.1, 0.15) is 17.2 Å². The molecule has 0 aliphatic carbocycles. The van der Waals surface area contributed by atoms with Crippen LogP contribution < -0.4 is 4.90 Å². The van der Waals surface area contributed by atoms with Gasteiger partial charge < -0.3 is 19.6 Å². The lowest BCUT2D eigenvalue weighted by atomic mass is 9.92. The number of phenolic OH excluding ortho intramolecular Hbond substituents is 1. The molecule has 5 aromatic rings. The van der Waals surface area contributed by atoms with Crippen molar-refractivity contribution in [3.63, 3.8) is 0 Å². The highest BCUT2D eigenvalue weighted by molar-refractivity contribution is 6.09. The zero-order chi connectivity index (χ0) is 35.7. The van der Waals surface area contributed by atoms with Gasteiger partial charge in [-0.3, -0.25) is 9.69 Å². The summed E-state index contributed by atoms with van der Waals surface area (Å²) >= 11 is 0. The number of benzene rings is 5. The lowest BCUT2D eigenvalue weighted by Gasteiger charge is -2.39. The summed E-state index contributed by atoms with van der Waals surface area (Å²) in [5.74, 6) is -0.874. The van der Waals surface area contributed by atoms with Gasteiger partial charge in [0.25, 0.3) is 5.91 Å². The number of piperazine rings is 1. The third kappa shape index (κ3) is 7.21. The van der Waals surface area contributed by atoms with Crippen molar-refractivity contribution in [1.82, 2.24) is 9.80 Å². The molecule has 50 heavy (non-hydrogen) atoms. The molecule has 1 unspecified atom stereocenters. The van der Waals surface area contributed by atoms with Gasteiger partial charge in [-0.25, -0.2) is 9.18 Å². The number of hydrogen-bond acceptors (Lipinski definition) is 6. The lowest BCUT2D eigenvalue weighted by molar-refractivity contribution is 0.00693. The summed E-state index contributed by atoms with van der Waals surface area (Å²) in [6.07, 6.45) is 0. The lowest BCUT2D eigenvalue weighted by Crippen LogP contribution is -2.47. The van der Waals surface area contributed by atoms with E-state index >= 15 is 4.39 Å². The SMILES string of the molecule is CC(c1ccc(-c2ccc(-c3cc(C(=O)N(C)C)c(O)c4ccccc34)cc2)cc1F)N1CCN(c2ccc(C(=O)OC(C)(C)C)cc2)CC1. The Morgan fingerprint density at radius 1 is 0.800 bits per heavy atom. The molecule has 258 valence electrons. The van der Waals surface area contributed by atoms with Crippen molar-refractivity contribution in [1.29, 1.82) is 0 Å². The van der Waals surface area contributed by atoms with Gasteiger partial charge in [-0.1, -0.05) is 60.7 Å².